The van der Waals surface area contributed by atoms with Crippen molar-refractivity contribution in [3.63, 3.8) is 0 Å². The highest BCUT2D eigenvalue weighted by Gasteiger charge is 2.06. The van der Waals surface area contributed by atoms with Gasteiger partial charge in [0.2, 0.25) is 5.82 Å². The summed E-state index contributed by atoms with van der Waals surface area (Å²) in [6.07, 6.45) is 2.06. The second kappa shape index (κ2) is 6.28. The zero-order valence-electron chi connectivity index (χ0n) is 11.4. The Labute approximate surface area is 132 Å². The number of benzene rings is 2. The van der Waals surface area contributed by atoms with Crippen molar-refractivity contribution in [3.8, 4) is 11.4 Å². The van der Waals surface area contributed by atoms with Crippen LogP contribution in [0.4, 0.5) is 0 Å². The number of hydrogen-bond donors (Lipinski definition) is 0. The molecular formula is C15H13ClN4S. The van der Waals surface area contributed by atoms with Crippen LogP contribution in [0.25, 0.3) is 11.4 Å². The molecule has 0 aliphatic rings. The third-order valence-electron chi connectivity index (χ3n) is 3.04. The third-order valence-corrected chi connectivity index (χ3v) is 4.03. The number of halogens is 1. The van der Waals surface area contributed by atoms with Gasteiger partial charge in [0.25, 0.3) is 0 Å². The summed E-state index contributed by atoms with van der Waals surface area (Å²) in [5.41, 5.74) is 2.05. The van der Waals surface area contributed by atoms with E-state index in [9.17, 15) is 0 Å². The highest BCUT2D eigenvalue weighted by molar-refractivity contribution is 7.98. The molecule has 0 atom stereocenters. The Morgan fingerprint density at radius 2 is 1.76 bits per heavy atom. The fourth-order valence-electron chi connectivity index (χ4n) is 1.92. The lowest BCUT2D eigenvalue weighted by molar-refractivity contribution is 0.572. The van der Waals surface area contributed by atoms with Crippen LogP contribution in [0.5, 0.6) is 0 Å². The van der Waals surface area contributed by atoms with Gasteiger partial charge in [0.1, 0.15) is 0 Å². The van der Waals surface area contributed by atoms with Crippen LogP contribution in [0.2, 0.25) is 5.02 Å². The van der Waals surface area contributed by atoms with Gasteiger partial charge in [-0.1, -0.05) is 23.7 Å². The minimum Gasteiger partial charge on any atom is -0.159 e. The fraction of sp³-hybridized carbons (Fsp3) is 0.133. The first kappa shape index (κ1) is 14.1. The van der Waals surface area contributed by atoms with Gasteiger partial charge in [0.05, 0.1) is 6.54 Å². The molecule has 106 valence electrons. The summed E-state index contributed by atoms with van der Waals surface area (Å²) in [5.74, 6) is 0.604. The van der Waals surface area contributed by atoms with E-state index in [1.807, 2.05) is 24.3 Å². The van der Waals surface area contributed by atoms with Crippen molar-refractivity contribution < 1.29 is 0 Å². The van der Waals surface area contributed by atoms with Gasteiger partial charge >= 0.3 is 0 Å². The van der Waals surface area contributed by atoms with E-state index in [1.165, 1.54) is 4.90 Å². The number of nitrogens with zero attached hydrogens (tertiary/aromatic N) is 4. The topological polar surface area (TPSA) is 43.6 Å². The zero-order valence-corrected chi connectivity index (χ0v) is 13.0. The van der Waals surface area contributed by atoms with Crippen LogP contribution in [-0.4, -0.2) is 26.5 Å². The van der Waals surface area contributed by atoms with E-state index in [2.05, 4.69) is 45.9 Å². The Balaban J connectivity index is 1.76. The van der Waals surface area contributed by atoms with Crippen LogP contribution in [0.1, 0.15) is 5.56 Å². The fourth-order valence-corrected chi connectivity index (χ4v) is 2.45. The molecule has 1 heterocycles. The van der Waals surface area contributed by atoms with Gasteiger partial charge < -0.3 is 0 Å². The molecule has 0 amide bonds. The van der Waals surface area contributed by atoms with Crippen LogP contribution in [-0.2, 0) is 6.54 Å². The van der Waals surface area contributed by atoms with Crippen molar-refractivity contribution in [2.75, 3.05) is 6.26 Å². The monoisotopic (exact) mass is 316 g/mol. The van der Waals surface area contributed by atoms with Crippen LogP contribution >= 0.6 is 23.4 Å². The van der Waals surface area contributed by atoms with E-state index >= 15 is 0 Å². The molecule has 21 heavy (non-hydrogen) atoms. The summed E-state index contributed by atoms with van der Waals surface area (Å²) in [6.45, 7) is 0.606. The van der Waals surface area contributed by atoms with Crippen LogP contribution in [0, 0.1) is 0 Å². The minimum atomic E-state index is 0.604. The molecule has 0 saturated carbocycles. The first-order chi connectivity index (χ1) is 10.2. The van der Waals surface area contributed by atoms with Crippen molar-refractivity contribution in [1.29, 1.82) is 0 Å². The first-order valence-corrected chi connectivity index (χ1v) is 8.01. The second-order valence-corrected chi connectivity index (χ2v) is 5.81. The van der Waals surface area contributed by atoms with Gasteiger partial charge in [-0.2, -0.15) is 4.80 Å². The molecule has 0 aliphatic heterocycles. The maximum Gasteiger partial charge on any atom is 0.204 e. The van der Waals surface area contributed by atoms with Crippen LogP contribution < -0.4 is 0 Å². The van der Waals surface area contributed by atoms with Crippen molar-refractivity contribution >= 4 is 23.4 Å². The number of tetrazole rings is 1. The predicted octanol–water partition coefficient (Wildman–Crippen LogP) is 3.76. The van der Waals surface area contributed by atoms with Gasteiger partial charge in [-0.25, -0.2) is 0 Å². The van der Waals surface area contributed by atoms with E-state index in [0.29, 0.717) is 17.4 Å². The molecule has 0 spiro atoms. The van der Waals surface area contributed by atoms with Gasteiger partial charge in [-0.15, -0.1) is 22.0 Å². The van der Waals surface area contributed by atoms with E-state index in [0.717, 1.165) is 11.1 Å². The zero-order chi connectivity index (χ0) is 14.7. The molecule has 1 aromatic heterocycles. The molecule has 0 saturated heterocycles. The van der Waals surface area contributed by atoms with E-state index in [4.69, 9.17) is 11.6 Å². The summed E-state index contributed by atoms with van der Waals surface area (Å²) < 4.78 is 0. The Hall–Kier alpha value is -1.85. The smallest absolute Gasteiger partial charge is 0.159 e. The first-order valence-electron chi connectivity index (χ1n) is 6.41. The van der Waals surface area contributed by atoms with Crippen LogP contribution in [0.3, 0.4) is 0 Å². The standard InChI is InChI=1S/C15H13ClN4S/c1-21-14-8-2-11(3-9-14)10-20-18-15(17-19-20)12-4-6-13(16)7-5-12/h2-9H,10H2,1H3. The van der Waals surface area contributed by atoms with Crippen molar-refractivity contribution in [2.45, 2.75) is 11.4 Å². The van der Waals surface area contributed by atoms with Crippen LogP contribution in [0.15, 0.2) is 53.4 Å². The van der Waals surface area contributed by atoms with Crippen molar-refractivity contribution in [1.82, 2.24) is 20.2 Å². The molecule has 0 fully saturated rings. The number of thioether (sulfide) groups is 1. The predicted molar refractivity (Wildman–Crippen MR) is 85.6 cm³/mol. The summed E-state index contributed by atoms with van der Waals surface area (Å²) >= 11 is 7.60. The lowest BCUT2D eigenvalue weighted by atomic mass is 10.2. The number of rotatable bonds is 4. The Morgan fingerprint density at radius 3 is 2.43 bits per heavy atom. The van der Waals surface area contributed by atoms with E-state index < -0.39 is 0 Å². The van der Waals surface area contributed by atoms with Gasteiger partial charge in [-0.05, 0) is 53.4 Å². The highest BCUT2D eigenvalue weighted by atomic mass is 35.5. The SMILES string of the molecule is CSc1ccc(Cn2nnc(-c3ccc(Cl)cc3)n2)cc1. The van der Waals surface area contributed by atoms with Gasteiger partial charge in [0, 0.05) is 15.5 Å². The molecular weight excluding hydrogens is 304 g/mol. The highest BCUT2D eigenvalue weighted by Crippen LogP contribution is 2.18. The van der Waals surface area contributed by atoms with Gasteiger partial charge in [0.15, 0.2) is 0 Å². The van der Waals surface area contributed by atoms with Crippen molar-refractivity contribution in [3.05, 3.63) is 59.1 Å². The lowest BCUT2D eigenvalue weighted by Gasteiger charge is -2.01. The summed E-state index contributed by atoms with van der Waals surface area (Å²) in [7, 11) is 0. The quantitative estimate of drug-likeness (QED) is 0.687. The third kappa shape index (κ3) is 3.43. The molecule has 0 bridgehead atoms. The van der Waals surface area contributed by atoms with Crippen molar-refractivity contribution in [2.24, 2.45) is 0 Å². The average Bonchev–Trinajstić information content (AvgIpc) is 2.97. The molecule has 6 heteroatoms. The maximum absolute atomic E-state index is 5.87. The molecule has 0 aliphatic carbocycles. The summed E-state index contributed by atoms with van der Waals surface area (Å²) in [6, 6.07) is 15.8. The van der Waals surface area contributed by atoms with E-state index in [-0.39, 0.29) is 0 Å². The number of hydrogen-bond acceptors (Lipinski definition) is 4. The molecule has 0 radical (unpaired) electrons. The molecule has 0 unspecified atom stereocenters. The Bertz CT molecular complexity index is 722. The normalized spacial score (nSPS) is 10.8. The average molecular weight is 317 g/mol. The molecule has 0 N–H and O–H groups in total. The summed E-state index contributed by atoms with van der Waals surface area (Å²) in [5, 5.41) is 13.3. The lowest BCUT2D eigenvalue weighted by Crippen LogP contribution is -2.03. The minimum absolute atomic E-state index is 0.604. The maximum atomic E-state index is 5.87. The van der Waals surface area contributed by atoms with Gasteiger partial charge in [-0.3, -0.25) is 0 Å². The molecule has 2 aromatic carbocycles. The largest absolute Gasteiger partial charge is 0.204 e. The summed E-state index contributed by atoms with van der Waals surface area (Å²) in [4.78, 5) is 2.84. The Kier molecular flexibility index (Phi) is 4.22. The molecule has 4 nitrogen and oxygen atoms in total. The second-order valence-electron chi connectivity index (χ2n) is 4.50. The molecule has 3 rings (SSSR count). The molecule has 3 aromatic rings. The van der Waals surface area contributed by atoms with E-state index in [1.54, 1.807) is 16.6 Å². The Morgan fingerprint density at radius 1 is 1.05 bits per heavy atom. The number of aromatic nitrogens is 4.